The minimum Gasteiger partial charge on any atom is -0.362 e. The Kier molecular flexibility index (Phi) is 4.28. The van der Waals surface area contributed by atoms with Crippen LogP contribution >= 0.6 is 0 Å². The number of rotatable bonds is 4. The van der Waals surface area contributed by atoms with Gasteiger partial charge in [0.25, 0.3) is 0 Å². The summed E-state index contributed by atoms with van der Waals surface area (Å²) in [4.78, 5) is 8.14. The van der Waals surface area contributed by atoms with Crippen molar-refractivity contribution >= 4 is 25.3 Å². The van der Waals surface area contributed by atoms with Crippen LogP contribution in [0.5, 0.6) is 0 Å². The van der Waals surface area contributed by atoms with Crippen LogP contribution in [0.25, 0.3) is 0 Å². The molecule has 0 amide bonds. The van der Waals surface area contributed by atoms with E-state index in [9.17, 15) is 0 Å². The van der Waals surface area contributed by atoms with Crippen molar-refractivity contribution in [2.24, 2.45) is 4.99 Å². The summed E-state index contributed by atoms with van der Waals surface area (Å²) < 4.78 is 0. The van der Waals surface area contributed by atoms with Crippen molar-refractivity contribution in [1.29, 1.82) is 0 Å². The van der Waals surface area contributed by atoms with Crippen LogP contribution in [-0.4, -0.2) is 19.3 Å². The van der Waals surface area contributed by atoms with Gasteiger partial charge in [-0.25, -0.2) is 0 Å². The van der Waals surface area contributed by atoms with Gasteiger partial charge in [0.15, 0.2) is 0 Å². The number of aliphatic imine (C=N–C) groups is 1. The van der Waals surface area contributed by atoms with E-state index in [0.717, 1.165) is 11.4 Å². The summed E-state index contributed by atoms with van der Waals surface area (Å²) in [6.45, 7) is 11.4. The van der Waals surface area contributed by atoms with Crippen LogP contribution in [0, 0.1) is 0 Å². The molecule has 0 spiro atoms. The molecule has 0 fully saturated rings. The van der Waals surface area contributed by atoms with Gasteiger partial charge in [-0.1, -0.05) is 51.7 Å². The number of aromatic amines is 1. The zero-order valence-corrected chi connectivity index (χ0v) is 14.1. The zero-order chi connectivity index (χ0) is 14.8. The molecule has 2 nitrogen and oxygen atoms in total. The highest BCUT2D eigenvalue weighted by Gasteiger charge is 2.17. The third kappa shape index (κ3) is 3.48. The van der Waals surface area contributed by atoms with E-state index in [4.69, 9.17) is 0 Å². The third-order valence-corrected chi connectivity index (χ3v) is 5.33. The fraction of sp³-hybridized carbons (Fsp3) is 0.353. The molecule has 0 bridgehead atoms. The highest BCUT2D eigenvalue weighted by Crippen LogP contribution is 2.25. The van der Waals surface area contributed by atoms with Gasteiger partial charge in [-0.3, -0.25) is 4.99 Å². The summed E-state index contributed by atoms with van der Waals surface area (Å²) in [7, 11) is -1.27. The Morgan fingerprint density at radius 2 is 1.75 bits per heavy atom. The zero-order valence-electron chi connectivity index (χ0n) is 13.1. The monoisotopic (exact) mass is 284 g/mol. The smallest absolute Gasteiger partial charge is 0.0981 e. The van der Waals surface area contributed by atoms with Crippen LogP contribution in [0.1, 0.15) is 31.0 Å². The molecule has 2 rings (SSSR count). The van der Waals surface area contributed by atoms with Crippen LogP contribution in [-0.2, 0) is 0 Å². The molecule has 0 unspecified atom stereocenters. The number of benzene rings is 1. The van der Waals surface area contributed by atoms with E-state index in [1.807, 2.05) is 12.3 Å². The van der Waals surface area contributed by atoms with Crippen LogP contribution in [0.15, 0.2) is 41.4 Å². The molecule has 3 heteroatoms. The third-order valence-electron chi connectivity index (χ3n) is 3.42. The standard InChI is InChI=1S/C17H24N2Si/c1-13(2)15-8-6-7-9-16(15)18-12-14-10-11-17(19-14)20(3,4)5/h6-13,19H,1-5H3. The predicted octanol–water partition coefficient (Wildman–Crippen LogP) is 4.43. The lowest BCUT2D eigenvalue weighted by Gasteiger charge is -2.12. The van der Waals surface area contributed by atoms with Crippen molar-refractivity contribution in [3.8, 4) is 0 Å². The van der Waals surface area contributed by atoms with Gasteiger partial charge >= 0.3 is 0 Å². The molecule has 0 aliphatic carbocycles. The lowest BCUT2D eigenvalue weighted by atomic mass is 10.0. The molecule has 1 aromatic heterocycles. The Bertz CT molecular complexity index is 603. The molecule has 1 heterocycles. The molecule has 0 atom stereocenters. The number of hydrogen-bond acceptors (Lipinski definition) is 1. The Labute approximate surface area is 123 Å². The Morgan fingerprint density at radius 3 is 2.35 bits per heavy atom. The van der Waals surface area contributed by atoms with Gasteiger partial charge in [-0.2, -0.15) is 0 Å². The van der Waals surface area contributed by atoms with E-state index >= 15 is 0 Å². The lowest BCUT2D eigenvalue weighted by molar-refractivity contribution is 0.867. The first-order chi connectivity index (χ1) is 9.38. The maximum absolute atomic E-state index is 4.65. The summed E-state index contributed by atoms with van der Waals surface area (Å²) in [5, 5.41) is 1.37. The van der Waals surface area contributed by atoms with Crippen molar-refractivity contribution in [3.63, 3.8) is 0 Å². The predicted molar refractivity (Wildman–Crippen MR) is 91.6 cm³/mol. The van der Waals surface area contributed by atoms with E-state index < -0.39 is 8.07 Å². The number of nitrogens with one attached hydrogen (secondary N) is 1. The summed E-state index contributed by atoms with van der Waals surface area (Å²) in [5.74, 6) is 0.490. The van der Waals surface area contributed by atoms with Crippen LogP contribution in [0.3, 0.4) is 0 Å². The van der Waals surface area contributed by atoms with Gasteiger partial charge in [0, 0.05) is 0 Å². The van der Waals surface area contributed by atoms with E-state index in [0.29, 0.717) is 5.92 Å². The second kappa shape index (κ2) is 5.79. The summed E-state index contributed by atoms with van der Waals surface area (Å²) in [6.07, 6.45) is 1.94. The number of para-hydroxylation sites is 1. The average molecular weight is 284 g/mol. The van der Waals surface area contributed by atoms with Gasteiger partial charge in [-0.15, -0.1) is 0 Å². The van der Waals surface area contributed by atoms with Crippen molar-refractivity contribution in [2.75, 3.05) is 0 Å². The molecule has 106 valence electrons. The van der Waals surface area contributed by atoms with Gasteiger partial charge in [0.2, 0.25) is 0 Å². The Hall–Kier alpha value is -1.61. The fourth-order valence-corrected chi connectivity index (χ4v) is 3.26. The summed E-state index contributed by atoms with van der Waals surface area (Å²) >= 11 is 0. The minimum atomic E-state index is -1.27. The summed E-state index contributed by atoms with van der Waals surface area (Å²) in [6, 6.07) is 12.7. The first-order valence-corrected chi connectivity index (χ1v) is 10.7. The highest BCUT2D eigenvalue weighted by molar-refractivity contribution is 6.88. The van der Waals surface area contributed by atoms with Gasteiger partial charge < -0.3 is 4.98 Å². The van der Waals surface area contributed by atoms with Crippen molar-refractivity contribution in [3.05, 3.63) is 47.7 Å². The lowest BCUT2D eigenvalue weighted by Crippen LogP contribution is -2.38. The highest BCUT2D eigenvalue weighted by atomic mass is 28.3. The second-order valence-corrected chi connectivity index (χ2v) is 11.6. The Balaban J connectivity index is 2.24. The molecule has 0 aliphatic rings. The maximum Gasteiger partial charge on any atom is 0.0981 e. The molecule has 0 radical (unpaired) electrons. The number of H-pyrrole nitrogens is 1. The maximum atomic E-state index is 4.65. The van der Waals surface area contributed by atoms with Crippen molar-refractivity contribution < 1.29 is 0 Å². The van der Waals surface area contributed by atoms with Gasteiger partial charge in [0.05, 0.1) is 25.7 Å². The SMILES string of the molecule is CC(C)c1ccccc1N=Cc1ccc([Si](C)(C)C)[nH]1. The quantitative estimate of drug-likeness (QED) is 0.635. The van der Waals surface area contributed by atoms with Gasteiger partial charge in [0.1, 0.15) is 0 Å². The number of hydrogen-bond donors (Lipinski definition) is 1. The van der Waals surface area contributed by atoms with Crippen molar-refractivity contribution in [1.82, 2.24) is 4.98 Å². The van der Waals surface area contributed by atoms with E-state index in [1.165, 1.54) is 10.9 Å². The largest absolute Gasteiger partial charge is 0.362 e. The normalized spacial score (nSPS) is 12.5. The van der Waals surface area contributed by atoms with E-state index in [1.54, 1.807) is 0 Å². The van der Waals surface area contributed by atoms with Crippen molar-refractivity contribution in [2.45, 2.75) is 39.4 Å². The molecule has 0 aliphatic heterocycles. The molecule has 2 aromatic rings. The summed E-state index contributed by atoms with van der Waals surface area (Å²) in [5.41, 5.74) is 3.44. The topological polar surface area (TPSA) is 28.1 Å². The number of aromatic nitrogens is 1. The number of nitrogens with zero attached hydrogens (tertiary/aromatic N) is 1. The molecule has 1 N–H and O–H groups in total. The minimum absolute atomic E-state index is 0.490. The Morgan fingerprint density at radius 1 is 1.05 bits per heavy atom. The first kappa shape index (κ1) is 14.8. The van der Waals surface area contributed by atoms with E-state index in [2.05, 4.69) is 73.8 Å². The molecular formula is C17H24N2Si. The fourth-order valence-electron chi connectivity index (χ4n) is 2.16. The average Bonchev–Trinajstić information content (AvgIpc) is 2.85. The van der Waals surface area contributed by atoms with Crippen LogP contribution in [0.2, 0.25) is 19.6 Å². The molecule has 20 heavy (non-hydrogen) atoms. The molecule has 0 saturated heterocycles. The molecule has 1 aromatic carbocycles. The van der Waals surface area contributed by atoms with Crippen LogP contribution < -0.4 is 5.32 Å². The first-order valence-electron chi connectivity index (χ1n) is 7.20. The van der Waals surface area contributed by atoms with Gasteiger partial charge in [-0.05, 0) is 35.0 Å². The second-order valence-electron chi connectivity index (χ2n) is 6.55. The molecule has 0 saturated carbocycles. The molecular weight excluding hydrogens is 260 g/mol. The van der Waals surface area contributed by atoms with E-state index in [-0.39, 0.29) is 0 Å². The van der Waals surface area contributed by atoms with Crippen LogP contribution in [0.4, 0.5) is 5.69 Å².